The number of hydrogen-bond donors (Lipinski definition) is 3. The third-order valence-corrected chi connectivity index (χ3v) is 3.60. The lowest BCUT2D eigenvalue weighted by Gasteiger charge is -2.14. The van der Waals surface area contributed by atoms with Gasteiger partial charge < -0.3 is 16.0 Å². The van der Waals surface area contributed by atoms with Crippen LogP contribution in [0.1, 0.15) is 37.8 Å². The van der Waals surface area contributed by atoms with Gasteiger partial charge in [-0.25, -0.2) is 0 Å². The summed E-state index contributed by atoms with van der Waals surface area (Å²) in [6.45, 7) is 4.50. The molecule has 1 atom stereocenters. The van der Waals surface area contributed by atoms with E-state index in [9.17, 15) is 18.0 Å². The van der Waals surface area contributed by atoms with E-state index in [4.69, 9.17) is 0 Å². The van der Waals surface area contributed by atoms with Crippen LogP contribution in [-0.4, -0.2) is 31.5 Å². The number of halogens is 4. The summed E-state index contributed by atoms with van der Waals surface area (Å²) in [7, 11) is 1.56. The molecule has 0 radical (unpaired) electrons. The van der Waals surface area contributed by atoms with Gasteiger partial charge in [-0.1, -0.05) is 19.1 Å². The predicted octanol–water partition coefficient (Wildman–Crippen LogP) is 3.29. The van der Waals surface area contributed by atoms with Crippen LogP contribution in [0.2, 0.25) is 0 Å². The molecule has 9 heteroatoms. The second-order valence-electron chi connectivity index (χ2n) is 5.68. The third kappa shape index (κ3) is 9.25. The number of nitrogens with one attached hydrogen (secondary N) is 3. The molecule has 1 unspecified atom stereocenters. The predicted molar refractivity (Wildman–Crippen MR) is 108 cm³/mol. The lowest BCUT2D eigenvalue weighted by atomic mass is 10.1. The number of guanidine groups is 1. The molecule has 0 fully saturated rings. The minimum atomic E-state index is -4.36. The van der Waals surface area contributed by atoms with Crippen LogP contribution < -0.4 is 16.0 Å². The minimum Gasteiger partial charge on any atom is -0.356 e. The van der Waals surface area contributed by atoms with Gasteiger partial charge >= 0.3 is 6.18 Å². The number of amides is 1. The van der Waals surface area contributed by atoms with Crippen LogP contribution in [0.3, 0.4) is 0 Å². The molecular weight excluding hydrogens is 460 g/mol. The SMILES string of the molecule is CCC(C)NC(=O)CCNC(=NC)NCc1cccc(C(F)(F)F)c1.I. The lowest BCUT2D eigenvalue weighted by molar-refractivity contribution is -0.137. The molecule has 0 aliphatic heterocycles. The van der Waals surface area contributed by atoms with Gasteiger partial charge in [0.05, 0.1) is 5.56 Å². The Labute approximate surface area is 169 Å². The van der Waals surface area contributed by atoms with Crippen molar-refractivity contribution in [1.29, 1.82) is 0 Å². The number of rotatable bonds is 7. The highest BCUT2D eigenvalue weighted by molar-refractivity contribution is 14.0. The van der Waals surface area contributed by atoms with E-state index in [2.05, 4.69) is 20.9 Å². The number of aliphatic imine (C=N–C) groups is 1. The zero-order valence-corrected chi connectivity index (χ0v) is 17.4. The lowest BCUT2D eigenvalue weighted by Crippen LogP contribution is -2.40. The van der Waals surface area contributed by atoms with Crippen LogP contribution in [0.4, 0.5) is 13.2 Å². The molecule has 0 saturated heterocycles. The van der Waals surface area contributed by atoms with Crippen LogP contribution in [0.25, 0.3) is 0 Å². The van der Waals surface area contributed by atoms with Crippen molar-refractivity contribution in [3.8, 4) is 0 Å². The molecule has 148 valence electrons. The van der Waals surface area contributed by atoms with Crippen LogP contribution in [0, 0.1) is 0 Å². The Kier molecular flexibility index (Phi) is 11.3. The molecule has 26 heavy (non-hydrogen) atoms. The summed E-state index contributed by atoms with van der Waals surface area (Å²) in [5, 5.41) is 8.75. The van der Waals surface area contributed by atoms with E-state index in [0.717, 1.165) is 18.6 Å². The van der Waals surface area contributed by atoms with Crippen molar-refractivity contribution in [2.45, 2.75) is 45.5 Å². The molecule has 5 nitrogen and oxygen atoms in total. The van der Waals surface area contributed by atoms with Gasteiger partial charge in [-0.05, 0) is 31.0 Å². The van der Waals surface area contributed by atoms with E-state index < -0.39 is 11.7 Å². The first kappa shape index (κ1) is 24.5. The molecule has 0 heterocycles. The maximum atomic E-state index is 12.7. The normalized spacial score (nSPS) is 12.8. The van der Waals surface area contributed by atoms with Crippen molar-refractivity contribution in [3.05, 3.63) is 35.4 Å². The first-order chi connectivity index (χ1) is 11.8. The van der Waals surface area contributed by atoms with E-state index in [1.165, 1.54) is 6.07 Å². The Hall–Kier alpha value is -1.52. The second-order valence-corrected chi connectivity index (χ2v) is 5.68. The fraction of sp³-hybridized carbons (Fsp3) is 0.529. The smallest absolute Gasteiger partial charge is 0.356 e. The van der Waals surface area contributed by atoms with Gasteiger partial charge in [-0.15, -0.1) is 24.0 Å². The van der Waals surface area contributed by atoms with Crippen LogP contribution in [0.15, 0.2) is 29.3 Å². The van der Waals surface area contributed by atoms with Crippen LogP contribution in [0.5, 0.6) is 0 Å². The Balaban J connectivity index is 0.00000625. The summed E-state index contributed by atoms with van der Waals surface area (Å²) in [4.78, 5) is 15.7. The number of carbonyl (C=O) groups excluding carboxylic acids is 1. The summed E-state index contributed by atoms with van der Waals surface area (Å²) in [5.74, 6) is 0.365. The summed E-state index contributed by atoms with van der Waals surface area (Å²) in [5.41, 5.74) is -0.191. The molecule has 0 saturated carbocycles. The molecule has 0 aromatic heterocycles. The van der Waals surface area contributed by atoms with Crippen molar-refractivity contribution in [2.24, 2.45) is 4.99 Å². The molecule has 0 bridgehead atoms. The molecule has 1 aromatic rings. The highest BCUT2D eigenvalue weighted by Crippen LogP contribution is 2.29. The zero-order valence-electron chi connectivity index (χ0n) is 15.1. The van der Waals surface area contributed by atoms with Crippen molar-refractivity contribution in [3.63, 3.8) is 0 Å². The third-order valence-electron chi connectivity index (χ3n) is 3.60. The van der Waals surface area contributed by atoms with Gasteiger partial charge in [0.15, 0.2) is 5.96 Å². The molecular formula is C17H26F3IN4O. The molecule has 0 aliphatic carbocycles. The molecule has 1 aromatic carbocycles. The maximum Gasteiger partial charge on any atom is 0.416 e. The molecule has 1 rings (SSSR count). The van der Waals surface area contributed by atoms with Gasteiger partial charge in [0, 0.05) is 32.6 Å². The number of hydrogen-bond acceptors (Lipinski definition) is 2. The molecule has 0 spiro atoms. The Morgan fingerprint density at radius 2 is 1.96 bits per heavy atom. The first-order valence-corrected chi connectivity index (χ1v) is 8.16. The largest absolute Gasteiger partial charge is 0.416 e. The highest BCUT2D eigenvalue weighted by atomic mass is 127. The highest BCUT2D eigenvalue weighted by Gasteiger charge is 2.30. The van der Waals surface area contributed by atoms with E-state index >= 15 is 0 Å². The van der Waals surface area contributed by atoms with E-state index in [1.807, 2.05) is 13.8 Å². The first-order valence-electron chi connectivity index (χ1n) is 8.16. The quantitative estimate of drug-likeness (QED) is 0.315. The number of nitrogens with zero attached hydrogens (tertiary/aromatic N) is 1. The Bertz CT molecular complexity index is 594. The van der Waals surface area contributed by atoms with Crippen molar-refractivity contribution < 1.29 is 18.0 Å². The van der Waals surface area contributed by atoms with Crippen LogP contribution in [-0.2, 0) is 17.5 Å². The Morgan fingerprint density at radius 1 is 1.27 bits per heavy atom. The fourth-order valence-electron chi connectivity index (χ4n) is 2.01. The minimum absolute atomic E-state index is 0. The Morgan fingerprint density at radius 3 is 2.54 bits per heavy atom. The molecule has 3 N–H and O–H groups in total. The van der Waals surface area contributed by atoms with E-state index in [1.54, 1.807) is 13.1 Å². The van der Waals surface area contributed by atoms with Gasteiger partial charge in [-0.2, -0.15) is 13.2 Å². The summed E-state index contributed by atoms with van der Waals surface area (Å²) in [6.07, 6.45) is -3.22. The summed E-state index contributed by atoms with van der Waals surface area (Å²) < 4.78 is 38.1. The van der Waals surface area contributed by atoms with Gasteiger partial charge in [0.1, 0.15) is 0 Å². The second kappa shape index (κ2) is 12.0. The van der Waals surface area contributed by atoms with E-state index in [-0.39, 0.29) is 48.9 Å². The van der Waals surface area contributed by atoms with Crippen molar-refractivity contribution >= 4 is 35.8 Å². The monoisotopic (exact) mass is 486 g/mol. The topological polar surface area (TPSA) is 65.5 Å². The zero-order chi connectivity index (χ0) is 18.9. The number of benzene rings is 1. The fourth-order valence-corrected chi connectivity index (χ4v) is 2.01. The average Bonchev–Trinajstić information content (AvgIpc) is 2.57. The average molecular weight is 486 g/mol. The summed E-state index contributed by atoms with van der Waals surface area (Å²) in [6, 6.07) is 5.24. The van der Waals surface area contributed by atoms with Crippen molar-refractivity contribution in [2.75, 3.05) is 13.6 Å². The standard InChI is InChI=1S/C17H25F3N4O.HI/c1-4-12(2)24-15(25)8-9-22-16(21-3)23-11-13-6-5-7-14(10-13)17(18,19)20;/h5-7,10,12H,4,8-9,11H2,1-3H3,(H,24,25)(H2,21,22,23);1H. The van der Waals surface area contributed by atoms with Crippen LogP contribution >= 0.6 is 24.0 Å². The van der Waals surface area contributed by atoms with Gasteiger partial charge in [0.2, 0.25) is 5.91 Å². The molecule has 1 amide bonds. The van der Waals surface area contributed by atoms with E-state index in [0.29, 0.717) is 18.1 Å². The number of carbonyl (C=O) groups is 1. The van der Waals surface area contributed by atoms with Gasteiger partial charge in [-0.3, -0.25) is 9.79 Å². The maximum absolute atomic E-state index is 12.7. The summed E-state index contributed by atoms with van der Waals surface area (Å²) >= 11 is 0. The van der Waals surface area contributed by atoms with Gasteiger partial charge in [0.25, 0.3) is 0 Å². The van der Waals surface area contributed by atoms with Crippen molar-refractivity contribution in [1.82, 2.24) is 16.0 Å². The molecule has 0 aliphatic rings. The number of alkyl halides is 3.